The van der Waals surface area contributed by atoms with Crippen molar-refractivity contribution in [3.63, 3.8) is 0 Å². The van der Waals surface area contributed by atoms with E-state index in [-0.39, 0.29) is 24.4 Å². The number of rotatable bonds is 6. The fraction of sp³-hybridized carbons (Fsp3) is 0.611. The van der Waals surface area contributed by atoms with Gasteiger partial charge in [0, 0.05) is 31.9 Å². The summed E-state index contributed by atoms with van der Waals surface area (Å²) in [6, 6.07) is 6.64. The molecule has 0 aromatic heterocycles. The van der Waals surface area contributed by atoms with E-state index in [9.17, 15) is 9.18 Å². The van der Waals surface area contributed by atoms with Crippen molar-refractivity contribution in [2.24, 2.45) is 0 Å². The summed E-state index contributed by atoms with van der Waals surface area (Å²) in [5.74, 6) is -0.211. The number of hydrogen-bond donors (Lipinski definition) is 1. The third kappa shape index (κ3) is 3.40. The van der Waals surface area contributed by atoms with Crippen LogP contribution in [0.1, 0.15) is 37.7 Å². The summed E-state index contributed by atoms with van der Waals surface area (Å²) in [5.41, 5.74) is -0.0815. The number of aliphatic hydroxyl groups is 1. The highest BCUT2D eigenvalue weighted by Crippen LogP contribution is 2.50. The summed E-state index contributed by atoms with van der Waals surface area (Å²) in [4.78, 5) is 14.8. The SMILES string of the molecule is O=C(N1CCC(OCCCO)CC1)C1(c2ccccc2F)CC1. The Morgan fingerprint density at radius 3 is 2.61 bits per heavy atom. The van der Waals surface area contributed by atoms with Crippen molar-refractivity contribution in [1.29, 1.82) is 0 Å². The van der Waals surface area contributed by atoms with Gasteiger partial charge in [-0.25, -0.2) is 4.39 Å². The molecule has 5 heteroatoms. The molecule has 1 heterocycles. The Bertz CT molecular complexity index is 551. The van der Waals surface area contributed by atoms with E-state index in [0.29, 0.717) is 31.7 Å². The molecule has 2 fully saturated rings. The largest absolute Gasteiger partial charge is 0.396 e. The highest BCUT2D eigenvalue weighted by Gasteiger charge is 2.54. The predicted molar refractivity (Wildman–Crippen MR) is 84.6 cm³/mol. The van der Waals surface area contributed by atoms with Crippen LogP contribution >= 0.6 is 0 Å². The van der Waals surface area contributed by atoms with Gasteiger partial charge in [0.1, 0.15) is 5.82 Å². The van der Waals surface area contributed by atoms with Crippen molar-refractivity contribution in [3.05, 3.63) is 35.6 Å². The van der Waals surface area contributed by atoms with Crippen LogP contribution in [0.15, 0.2) is 24.3 Å². The lowest BCUT2D eigenvalue weighted by Crippen LogP contribution is -2.45. The number of nitrogens with zero attached hydrogens (tertiary/aromatic N) is 1. The smallest absolute Gasteiger partial charge is 0.233 e. The third-order valence-corrected chi connectivity index (χ3v) is 4.93. The first-order valence-electron chi connectivity index (χ1n) is 8.44. The van der Waals surface area contributed by atoms with Crippen molar-refractivity contribution in [2.75, 3.05) is 26.3 Å². The highest BCUT2D eigenvalue weighted by molar-refractivity contribution is 5.91. The van der Waals surface area contributed by atoms with Gasteiger partial charge in [-0.2, -0.15) is 0 Å². The normalized spacial score (nSPS) is 20.5. The van der Waals surface area contributed by atoms with Gasteiger partial charge in [0.2, 0.25) is 5.91 Å². The molecule has 0 atom stereocenters. The van der Waals surface area contributed by atoms with Gasteiger partial charge >= 0.3 is 0 Å². The first-order chi connectivity index (χ1) is 11.2. The molecule has 4 nitrogen and oxygen atoms in total. The number of carbonyl (C=O) groups excluding carboxylic acids is 1. The predicted octanol–water partition coefficient (Wildman–Crippen LogP) is 2.25. The topological polar surface area (TPSA) is 49.8 Å². The van der Waals surface area contributed by atoms with E-state index in [1.807, 2.05) is 4.90 Å². The molecule has 0 bridgehead atoms. The van der Waals surface area contributed by atoms with Gasteiger partial charge in [-0.05, 0) is 38.2 Å². The molecule has 1 aromatic rings. The van der Waals surface area contributed by atoms with E-state index >= 15 is 0 Å². The van der Waals surface area contributed by atoms with Crippen LogP contribution in [-0.4, -0.2) is 48.3 Å². The zero-order chi connectivity index (χ0) is 16.3. The number of ether oxygens (including phenoxy) is 1. The highest BCUT2D eigenvalue weighted by atomic mass is 19.1. The van der Waals surface area contributed by atoms with E-state index in [1.54, 1.807) is 18.2 Å². The first-order valence-corrected chi connectivity index (χ1v) is 8.44. The molecule has 0 spiro atoms. The van der Waals surface area contributed by atoms with E-state index in [4.69, 9.17) is 9.84 Å². The van der Waals surface area contributed by atoms with Gasteiger partial charge in [-0.1, -0.05) is 18.2 Å². The van der Waals surface area contributed by atoms with Gasteiger partial charge < -0.3 is 14.7 Å². The number of piperidine rings is 1. The van der Waals surface area contributed by atoms with Crippen molar-refractivity contribution >= 4 is 5.91 Å². The van der Waals surface area contributed by atoms with Crippen molar-refractivity contribution in [2.45, 2.75) is 43.6 Å². The van der Waals surface area contributed by atoms with Gasteiger partial charge in [0.15, 0.2) is 0 Å². The molecule has 0 unspecified atom stereocenters. The van der Waals surface area contributed by atoms with Crippen molar-refractivity contribution < 1.29 is 19.0 Å². The zero-order valence-electron chi connectivity index (χ0n) is 13.3. The molecular weight excluding hydrogens is 297 g/mol. The number of amides is 1. The lowest BCUT2D eigenvalue weighted by Gasteiger charge is -2.34. The molecule has 23 heavy (non-hydrogen) atoms. The fourth-order valence-electron chi connectivity index (χ4n) is 3.42. The summed E-state index contributed by atoms with van der Waals surface area (Å²) >= 11 is 0. The molecule has 1 saturated carbocycles. The second kappa shape index (κ2) is 6.97. The van der Waals surface area contributed by atoms with Crippen LogP contribution < -0.4 is 0 Å². The maximum absolute atomic E-state index is 14.1. The standard InChI is InChI=1S/C18H24FNO3/c19-16-5-2-1-4-15(16)18(8-9-18)17(22)20-10-6-14(7-11-20)23-13-3-12-21/h1-2,4-5,14,21H,3,6-13H2. The van der Waals surface area contributed by atoms with Gasteiger partial charge in [0.25, 0.3) is 0 Å². The van der Waals surface area contributed by atoms with Gasteiger partial charge in [0.05, 0.1) is 11.5 Å². The van der Waals surface area contributed by atoms with Gasteiger partial charge in [-0.3, -0.25) is 4.79 Å². The molecule has 0 radical (unpaired) electrons. The molecule has 1 aliphatic carbocycles. The molecule has 2 aliphatic rings. The van der Waals surface area contributed by atoms with Crippen LogP contribution in [0.5, 0.6) is 0 Å². The molecule has 1 saturated heterocycles. The lowest BCUT2D eigenvalue weighted by molar-refractivity contribution is -0.136. The van der Waals surface area contributed by atoms with Gasteiger partial charge in [-0.15, -0.1) is 0 Å². The van der Waals surface area contributed by atoms with E-state index in [0.717, 1.165) is 25.7 Å². The van der Waals surface area contributed by atoms with Crippen molar-refractivity contribution in [3.8, 4) is 0 Å². The number of aliphatic hydroxyl groups excluding tert-OH is 1. The second-order valence-electron chi connectivity index (χ2n) is 6.50. The Morgan fingerprint density at radius 2 is 2.00 bits per heavy atom. The molecule has 3 rings (SSSR count). The number of likely N-dealkylation sites (tertiary alicyclic amines) is 1. The van der Waals surface area contributed by atoms with Crippen LogP contribution in [0.25, 0.3) is 0 Å². The van der Waals surface area contributed by atoms with Crippen LogP contribution in [0.2, 0.25) is 0 Å². The number of hydrogen-bond acceptors (Lipinski definition) is 3. The maximum Gasteiger partial charge on any atom is 0.233 e. The second-order valence-corrected chi connectivity index (χ2v) is 6.50. The number of benzene rings is 1. The minimum Gasteiger partial charge on any atom is -0.396 e. The van der Waals surface area contributed by atoms with Crippen molar-refractivity contribution in [1.82, 2.24) is 4.90 Å². The van der Waals surface area contributed by atoms with Crippen LogP contribution in [0, 0.1) is 5.82 Å². The molecule has 1 amide bonds. The minimum absolute atomic E-state index is 0.0661. The van der Waals surface area contributed by atoms with E-state index < -0.39 is 5.41 Å². The molecule has 126 valence electrons. The fourth-order valence-corrected chi connectivity index (χ4v) is 3.42. The van der Waals surface area contributed by atoms with Crippen LogP contribution in [0.3, 0.4) is 0 Å². The maximum atomic E-state index is 14.1. The van der Waals surface area contributed by atoms with Crippen LogP contribution in [0.4, 0.5) is 4.39 Å². The number of carbonyl (C=O) groups is 1. The molecule has 1 aromatic carbocycles. The minimum atomic E-state index is -0.629. The zero-order valence-corrected chi connectivity index (χ0v) is 13.3. The quantitative estimate of drug-likeness (QED) is 0.818. The summed E-state index contributed by atoms with van der Waals surface area (Å²) in [7, 11) is 0. The summed E-state index contributed by atoms with van der Waals surface area (Å²) in [6.45, 7) is 2.04. The first kappa shape index (κ1) is 16.4. The van der Waals surface area contributed by atoms with E-state index in [2.05, 4.69) is 0 Å². The lowest BCUT2D eigenvalue weighted by atomic mass is 9.92. The Morgan fingerprint density at radius 1 is 1.30 bits per heavy atom. The molecular formula is C18H24FNO3. The summed E-state index contributed by atoms with van der Waals surface area (Å²) in [6.07, 6.45) is 3.90. The third-order valence-electron chi connectivity index (χ3n) is 4.93. The Labute approximate surface area is 136 Å². The Hall–Kier alpha value is -1.46. The Kier molecular flexibility index (Phi) is 4.97. The monoisotopic (exact) mass is 321 g/mol. The average molecular weight is 321 g/mol. The Balaban J connectivity index is 1.59. The average Bonchev–Trinajstić information content (AvgIpc) is 3.37. The molecule has 1 aliphatic heterocycles. The van der Waals surface area contributed by atoms with Crippen LogP contribution in [-0.2, 0) is 14.9 Å². The summed E-state index contributed by atoms with van der Waals surface area (Å²) < 4.78 is 19.8. The summed E-state index contributed by atoms with van der Waals surface area (Å²) in [5, 5.41) is 8.77. The number of halogens is 1. The molecule has 1 N–H and O–H groups in total. The van der Waals surface area contributed by atoms with E-state index in [1.165, 1.54) is 6.07 Å².